The lowest BCUT2D eigenvalue weighted by Gasteiger charge is -2.26. The summed E-state index contributed by atoms with van der Waals surface area (Å²) in [5.74, 6) is -0.251. The van der Waals surface area contributed by atoms with Gasteiger partial charge in [0.25, 0.3) is 0 Å². The van der Waals surface area contributed by atoms with E-state index >= 15 is 0 Å². The number of hydrogen-bond acceptors (Lipinski definition) is 6. The molecule has 0 radical (unpaired) electrons. The second-order valence-corrected chi connectivity index (χ2v) is 5.80. The minimum Gasteiger partial charge on any atom is -0.433 e. The number of hydrazone groups is 1. The number of halogens is 4. The molecule has 0 fully saturated rings. The zero-order valence-electron chi connectivity index (χ0n) is 14.0. The number of nitrogens with two attached hydrogens (primary N) is 1. The van der Waals surface area contributed by atoms with Gasteiger partial charge in [0.15, 0.2) is 17.4 Å². The largest absolute Gasteiger partial charge is 0.433 e. The molecule has 28 heavy (non-hydrogen) atoms. The Morgan fingerprint density at radius 1 is 1.04 bits per heavy atom. The maximum absolute atomic E-state index is 13.2. The molecule has 6 nitrogen and oxygen atoms in total. The number of anilines is 3. The summed E-state index contributed by atoms with van der Waals surface area (Å²) in [5.41, 5.74) is 5.36. The van der Waals surface area contributed by atoms with Gasteiger partial charge in [-0.05, 0) is 36.4 Å². The molecule has 2 N–H and O–H groups in total. The smallest absolute Gasteiger partial charge is 0.433 e. The van der Waals surface area contributed by atoms with Gasteiger partial charge < -0.3 is 10.5 Å². The third kappa shape index (κ3) is 3.31. The molecule has 2 aromatic heterocycles. The average Bonchev–Trinajstić information content (AvgIpc) is 2.67. The zero-order chi connectivity index (χ0) is 19.9. The van der Waals surface area contributed by atoms with Crippen molar-refractivity contribution in [2.45, 2.75) is 6.18 Å². The molecule has 1 aromatic carbocycles. The molecule has 1 aliphatic rings. The fourth-order valence-corrected chi connectivity index (χ4v) is 2.52. The topological polar surface area (TPSA) is 76.6 Å². The highest BCUT2D eigenvalue weighted by atomic mass is 19.4. The second kappa shape index (κ2) is 6.48. The number of hydrogen-bond donors (Lipinski definition) is 1. The lowest BCUT2D eigenvalue weighted by atomic mass is 10.2. The van der Waals surface area contributed by atoms with E-state index in [9.17, 15) is 17.6 Å². The molecule has 1 aliphatic heterocycles. The molecule has 10 heteroatoms. The van der Waals surface area contributed by atoms with Crippen molar-refractivity contribution < 1.29 is 22.3 Å². The summed E-state index contributed by atoms with van der Waals surface area (Å²) in [6, 6.07) is 10.2. The van der Waals surface area contributed by atoms with Crippen molar-refractivity contribution in [2.24, 2.45) is 5.10 Å². The van der Waals surface area contributed by atoms with Crippen molar-refractivity contribution in [2.75, 3.05) is 10.7 Å². The van der Waals surface area contributed by atoms with Crippen LogP contribution in [0.5, 0.6) is 5.75 Å². The summed E-state index contributed by atoms with van der Waals surface area (Å²) in [4.78, 5) is 7.74. The fourth-order valence-electron chi connectivity index (χ4n) is 2.52. The van der Waals surface area contributed by atoms with Crippen molar-refractivity contribution >= 4 is 23.2 Å². The molecule has 0 saturated carbocycles. The lowest BCUT2D eigenvalue weighted by molar-refractivity contribution is -0.141. The Morgan fingerprint density at radius 3 is 2.50 bits per heavy atom. The molecule has 0 atom stereocenters. The van der Waals surface area contributed by atoms with Gasteiger partial charge in [0, 0.05) is 11.6 Å². The van der Waals surface area contributed by atoms with Gasteiger partial charge in [-0.1, -0.05) is 6.07 Å². The first-order chi connectivity index (χ1) is 13.3. The zero-order valence-corrected chi connectivity index (χ0v) is 14.0. The summed E-state index contributed by atoms with van der Waals surface area (Å²) >= 11 is 0. The van der Waals surface area contributed by atoms with Crippen molar-refractivity contribution in [3.8, 4) is 5.75 Å². The Morgan fingerprint density at radius 2 is 1.79 bits per heavy atom. The predicted molar refractivity (Wildman–Crippen MR) is 93.6 cm³/mol. The van der Waals surface area contributed by atoms with Crippen LogP contribution in [0.15, 0.2) is 59.8 Å². The van der Waals surface area contributed by atoms with Crippen LogP contribution in [0.3, 0.4) is 0 Å². The van der Waals surface area contributed by atoms with Crippen LogP contribution in [-0.4, -0.2) is 15.9 Å². The van der Waals surface area contributed by atoms with Crippen LogP contribution < -0.4 is 15.5 Å². The summed E-state index contributed by atoms with van der Waals surface area (Å²) < 4.78 is 58.1. The maximum Gasteiger partial charge on any atom is 0.433 e. The number of nitrogens with zero attached hydrogens (tertiary/aromatic N) is 4. The number of aromatic nitrogens is 2. The number of fused-ring (bicyclic) bond motifs is 1. The maximum atomic E-state index is 13.2. The van der Waals surface area contributed by atoms with Crippen LogP contribution >= 0.6 is 0 Å². The van der Waals surface area contributed by atoms with Gasteiger partial charge >= 0.3 is 6.18 Å². The van der Waals surface area contributed by atoms with E-state index < -0.39 is 17.7 Å². The Kier molecular flexibility index (Phi) is 4.10. The highest BCUT2D eigenvalue weighted by Gasteiger charge is 2.34. The number of nitrogen functional groups attached to an aromatic ring is 1. The predicted octanol–water partition coefficient (Wildman–Crippen LogP) is 4.11. The Hall–Kier alpha value is -3.69. The molecule has 4 rings (SSSR count). The molecular formula is C18H11F4N5O. The fraction of sp³-hybridized carbons (Fsp3) is 0.0556. The van der Waals surface area contributed by atoms with Crippen LogP contribution in [0.4, 0.5) is 34.9 Å². The van der Waals surface area contributed by atoms with E-state index in [1.807, 2.05) is 0 Å². The molecule has 0 amide bonds. The number of rotatable bonds is 2. The van der Waals surface area contributed by atoms with Gasteiger partial charge in [0.1, 0.15) is 11.5 Å². The minimum absolute atomic E-state index is 0.0270. The molecule has 3 heterocycles. The molecule has 0 aliphatic carbocycles. The molecular weight excluding hydrogens is 378 g/mol. The molecule has 142 valence electrons. The van der Waals surface area contributed by atoms with E-state index in [1.165, 1.54) is 48.7 Å². The molecule has 0 saturated heterocycles. The van der Waals surface area contributed by atoms with Crippen LogP contribution in [0.2, 0.25) is 0 Å². The van der Waals surface area contributed by atoms with E-state index in [1.54, 1.807) is 0 Å². The first-order valence-corrected chi connectivity index (χ1v) is 7.93. The first-order valence-electron chi connectivity index (χ1n) is 7.93. The quantitative estimate of drug-likeness (QED) is 0.668. The number of ether oxygens (including phenoxy) is 1. The van der Waals surface area contributed by atoms with E-state index in [0.29, 0.717) is 5.56 Å². The van der Waals surface area contributed by atoms with Crippen LogP contribution in [-0.2, 0) is 6.18 Å². The average molecular weight is 389 g/mol. The third-order valence-corrected chi connectivity index (χ3v) is 3.79. The van der Waals surface area contributed by atoms with Gasteiger partial charge in [0.2, 0.25) is 5.90 Å². The van der Waals surface area contributed by atoms with E-state index in [4.69, 9.17) is 10.5 Å². The van der Waals surface area contributed by atoms with Crippen molar-refractivity contribution in [1.29, 1.82) is 0 Å². The molecule has 0 bridgehead atoms. The highest BCUT2D eigenvalue weighted by Crippen LogP contribution is 2.37. The first kappa shape index (κ1) is 17.7. The van der Waals surface area contributed by atoms with Gasteiger partial charge in [-0.15, -0.1) is 5.10 Å². The van der Waals surface area contributed by atoms with Gasteiger partial charge in [0.05, 0.1) is 11.9 Å². The van der Waals surface area contributed by atoms with Crippen LogP contribution in [0, 0.1) is 5.82 Å². The second-order valence-electron chi connectivity index (χ2n) is 5.80. The van der Waals surface area contributed by atoms with Crippen molar-refractivity contribution in [3.05, 3.63) is 71.8 Å². The van der Waals surface area contributed by atoms with E-state index in [2.05, 4.69) is 15.1 Å². The van der Waals surface area contributed by atoms with E-state index in [0.717, 1.165) is 11.1 Å². The van der Waals surface area contributed by atoms with Crippen molar-refractivity contribution in [1.82, 2.24) is 9.97 Å². The monoisotopic (exact) mass is 389 g/mol. The summed E-state index contributed by atoms with van der Waals surface area (Å²) in [7, 11) is 0. The van der Waals surface area contributed by atoms with Gasteiger partial charge in [-0.25, -0.2) is 14.4 Å². The number of alkyl halides is 3. The standard InChI is InChI=1S/C18H11F4N5O/c19-11-6-4-10(5-7-11)17-26-27(16-13(28-17)8-12(23)9-24-16)15-3-1-2-14(25-15)18(20,21)22/h1-9H,23H2. The number of pyridine rings is 2. The number of benzene rings is 1. The van der Waals surface area contributed by atoms with Crippen molar-refractivity contribution in [3.63, 3.8) is 0 Å². The lowest BCUT2D eigenvalue weighted by Crippen LogP contribution is -2.26. The minimum atomic E-state index is -4.62. The van der Waals surface area contributed by atoms with E-state index in [-0.39, 0.29) is 29.0 Å². The normalized spacial score (nSPS) is 13.6. The molecule has 0 spiro atoms. The summed E-state index contributed by atoms with van der Waals surface area (Å²) in [6.07, 6.45) is -3.30. The Balaban J connectivity index is 1.85. The van der Waals surface area contributed by atoms with Crippen LogP contribution in [0.25, 0.3) is 0 Å². The van der Waals surface area contributed by atoms with Gasteiger partial charge in [-0.2, -0.15) is 18.2 Å². The molecule has 0 unspecified atom stereocenters. The summed E-state index contributed by atoms with van der Waals surface area (Å²) in [5, 5.41) is 5.34. The summed E-state index contributed by atoms with van der Waals surface area (Å²) in [6.45, 7) is 0. The van der Waals surface area contributed by atoms with Crippen LogP contribution in [0.1, 0.15) is 11.3 Å². The highest BCUT2D eigenvalue weighted by molar-refractivity contribution is 5.98. The molecule has 3 aromatic rings. The van der Waals surface area contributed by atoms with Gasteiger partial charge in [-0.3, -0.25) is 0 Å². The Labute approximate surface area is 155 Å². The Bertz CT molecular complexity index is 1070. The third-order valence-electron chi connectivity index (χ3n) is 3.79. The SMILES string of the molecule is Nc1cnc2c(c1)OC(c1ccc(F)cc1)=NN2c1cccc(C(F)(F)F)n1.